The van der Waals surface area contributed by atoms with E-state index in [1.165, 1.54) is 0 Å². The summed E-state index contributed by atoms with van der Waals surface area (Å²) in [6.45, 7) is 4.13. The van der Waals surface area contributed by atoms with Crippen LogP contribution in [0, 0.1) is 5.92 Å². The monoisotopic (exact) mass is 186 g/mol. The Morgan fingerprint density at radius 1 is 1.21 bits per heavy atom. The zero-order valence-electron chi connectivity index (χ0n) is 8.58. The van der Waals surface area contributed by atoms with Crippen LogP contribution in [-0.4, -0.2) is 5.78 Å². The first-order valence-electron chi connectivity index (χ1n) is 5.03. The van der Waals surface area contributed by atoms with Gasteiger partial charge in [0.15, 0.2) is 5.78 Å². The Morgan fingerprint density at radius 3 is 2.64 bits per heavy atom. The minimum atomic E-state index is 0.210. The average Bonchev–Trinajstić information content (AvgIpc) is 2.18. The first-order valence-corrected chi connectivity index (χ1v) is 5.03. The van der Waals surface area contributed by atoms with Gasteiger partial charge in [-0.15, -0.1) is 0 Å². The third-order valence-electron chi connectivity index (χ3n) is 2.69. The van der Waals surface area contributed by atoms with Crippen LogP contribution in [0.15, 0.2) is 35.9 Å². The Labute approximate surface area is 84.5 Å². The van der Waals surface area contributed by atoms with Crippen LogP contribution in [0.4, 0.5) is 0 Å². The van der Waals surface area contributed by atoms with Gasteiger partial charge >= 0.3 is 0 Å². The molecule has 1 aliphatic carbocycles. The summed E-state index contributed by atoms with van der Waals surface area (Å²) in [4.78, 5) is 12.0. The van der Waals surface area contributed by atoms with Crippen LogP contribution in [0.3, 0.4) is 0 Å². The molecular formula is C13H14O. The molecule has 0 bridgehead atoms. The van der Waals surface area contributed by atoms with Gasteiger partial charge in [0.05, 0.1) is 0 Å². The summed E-state index contributed by atoms with van der Waals surface area (Å²) in [5.41, 5.74) is 3.00. The third kappa shape index (κ3) is 1.39. The molecule has 0 radical (unpaired) electrons. The molecule has 0 spiro atoms. The number of allylic oxidation sites excluding steroid dienone is 2. The molecule has 1 aromatic rings. The SMILES string of the molecule is CC(C)C1=CCc2ccccc2C1=O. The molecule has 72 valence electrons. The topological polar surface area (TPSA) is 17.1 Å². The van der Waals surface area contributed by atoms with Crippen LogP contribution in [0.5, 0.6) is 0 Å². The van der Waals surface area contributed by atoms with Crippen molar-refractivity contribution in [3.8, 4) is 0 Å². The summed E-state index contributed by atoms with van der Waals surface area (Å²) in [6.07, 6.45) is 2.96. The maximum absolute atomic E-state index is 12.0. The molecule has 0 atom stereocenters. The molecule has 0 unspecified atom stereocenters. The van der Waals surface area contributed by atoms with E-state index in [1.54, 1.807) is 0 Å². The summed E-state index contributed by atoms with van der Waals surface area (Å²) < 4.78 is 0. The molecule has 1 heteroatoms. The van der Waals surface area contributed by atoms with Gasteiger partial charge in [0.1, 0.15) is 0 Å². The molecule has 14 heavy (non-hydrogen) atoms. The minimum Gasteiger partial charge on any atom is -0.289 e. The van der Waals surface area contributed by atoms with Crippen molar-refractivity contribution in [2.45, 2.75) is 20.3 Å². The number of rotatable bonds is 1. The number of carbonyl (C=O) groups excluding carboxylic acids is 1. The van der Waals surface area contributed by atoms with E-state index in [9.17, 15) is 4.79 Å². The third-order valence-corrected chi connectivity index (χ3v) is 2.69. The molecule has 1 aliphatic rings. The number of benzene rings is 1. The molecule has 0 saturated carbocycles. The van der Waals surface area contributed by atoms with Gasteiger partial charge in [-0.25, -0.2) is 0 Å². The summed E-state index contributed by atoms with van der Waals surface area (Å²) in [5, 5.41) is 0. The van der Waals surface area contributed by atoms with Gasteiger partial charge in [0.2, 0.25) is 0 Å². The van der Waals surface area contributed by atoms with Crippen LogP contribution in [-0.2, 0) is 6.42 Å². The zero-order valence-corrected chi connectivity index (χ0v) is 8.58. The van der Waals surface area contributed by atoms with Crippen LogP contribution >= 0.6 is 0 Å². The van der Waals surface area contributed by atoms with Crippen LogP contribution < -0.4 is 0 Å². The van der Waals surface area contributed by atoms with E-state index in [0.717, 1.165) is 23.1 Å². The quantitative estimate of drug-likeness (QED) is 0.659. The number of fused-ring (bicyclic) bond motifs is 1. The number of hydrogen-bond acceptors (Lipinski definition) is 1. The molecule has 1 nitrogen and oxygen atoms in total. The number of Topliss-reactive ketones (excluding diaryl/α,β-unsaturated/α-hetero) is 1. The van der Waals surface area contributed by atoms with Crippen LogP contribution in [0.1, 0.15) is 29.8 Å². The second-order valence-corrected chi connectivity index (χ2v) is 4.00. The minimum absolute atomic E-state index is 0.210. The van der Waals surface area contributed by atoms with E-state index in [2.05, 4.69) is 19.9 Å². The second kappa shape index (κ2) is 3.41. The van der Waals surface area contributed by atoms with E-state index >= 15 is 0 Å². The van der Waals surface area contributed by atoms with Crippen molar-refractivity contribution < 1.29 is 4.79 Å². The van der Waals surface area contributed by atoms with E-state index in [-0.39, 0.29) is 5.78 Å². The van der Waals surface area contributed by atoms with E-state index in [1.807, 2.05) is 24.3 Å². The highest BCUT2D eigenvalue weighted by atomic mass is 16.1. The molecule has 0 N–H and O–H groups in total. The predicted octanol–water partition coefficient (Wildman–Crippen LogP) is 3.01. The van der Waals surface area contributed by atoms with Crippen molar-refractivity contribution in [2.75, 3.05) is 0 Å². The normalized spacial score (nSPS) is 15.4. The standard InChI is InChI=1S/C13H14O/c1-9(2)11-8-7-10-5-3-4-6-12(10)13(11)14/h3-6,8-9H,7H2,1-2H3. The van der Waals surface area contributed by atoms with Gasteiger partial charge in [-0.2, -0.15) is 0 Å². The van der Waals surface area contributed by atoms with Crippen molar-refractivity contribution >= 4 is 5.78 Å². The second-order valence-electron chi connectivity index (χ2n) is 4.00. The van der Waals surface area contributed by atoms with Gasteiger partial charge < -0.3 is 0 Å². The van der Waals surface area contributed by atoms with Crippen molar-refractivity contribution in [3.05, 3.63) is 47.0 Å². The van der Waals surface area contributed by atoms with Gasteiger partial charge in [-0.1, -0.05) is 44.2 Å². The molecule has 0 heterocycles. The first-order chi connectivity index (χ1) is 6.70. The largest absolute Gasteiger partial charge is 0.289 e. The Bertz CT molecular complexity index is 399. The van der Waals surface area contributed by atoms with Gasteiger partial charge in [0.25, 0.3) is 0 Å². The summed E-state index contributed by atoms with van der Waals surface area (Å²) in [7, 11) is 0. The lowest BCUT2D eigenvalue weighted by Gasteiger charge is -2.17. The van der Waals surface area contributed by atoms with Crippen molar-refractivity contribution in [3.63, 3.8) is 0 Å². The van der Waals surface area contributed by atoms with Gasteiger partial charge in [0, 0.05) is 5.56 Å². The first kappa shape index (κ1) is 9.20. The molecule has 0 saturated heterocycles. The van der Waals surface area contributed by atoms with E-state index < -0.39 is 0 Å². The Morgan fingerprint density at radius 2 is 1.93 bits per heavy atom. The smallest absolute Gasteiger partial charge is 0.189 e. The molecule has 2 rings (SSSR count). The molecular weight excluding hydrogens is 172 g/mol. The number of hydrogen-bond donors (Lipinski definition) is 0. The highest BCUT2D eigenvalue weighted by molar-refractivity contribution is 6.10. The number of carbonyl (C=O) groups is 1. The molecule has 0 aliphatic heterocycles. The van der Waals surface area contributed by atoms with Gasteiger partial charge in [-0.3, -0.25) is 4.79 Å². The lowest BCUT2D eigenvalue weighted by Crippen LogP contribution is -2.15. The molecule has 0 fully saturated rings. The molecule has 0 amide bonds. The highest BCUT2D eigenvalue weighted by Gasteiger charge is 2.21. The van der Waals surface area contributed by atoms with Crippen molar-refractivity contribution in [1.29, 1.82) is 0 Å². The fourth-order valence-electron chi connectivity index (χ4n) is 1.89. The fraction of sp³-hybridized carbons (Fsp3) is 0.308. The van der Waals surface area contributed by atoms with Crippen molar-refractivity contribution in [1.82, 2.24) is 0 Å². The van der Waals surface area contributed by atoms with E-state index in [4.69, 9.17) is 0 Å². The lowest BCUT2D eigenvalue weighted by atomic mass is 9.85. The maximum atomic E-state index is 12.0. The average molecular weight is 186 g/mol. The Hall–Kier alpha value is -1.37. The van der Waals surface area contributed by atoms with E-state index in [0.29, 0.717) is 5.92 Å². The summed E-state index contributed by atoms with van der Waals surface area (Å²) in [5.74, 6) is 0.540. The lowest BCUT2D eigenvalue weighted by molar-refractivity contribution is 0.102. The molecule has 1 aromatic carbocycles. The van der Waals surface area contributed by atoms with Crippen molar-refractivity contribution in [2.24, 2.45) is 5.92 Å². The van der Waals surface area contributed by atoms with Crippen LogP contribution in [0.2, 0.25) is 0 Å². The van der Waals surface area contributed by atoms with Crippen LogP contribution in [0.25, 0.3) is 0 Å². The number of ketones is 1. The fourth-order valence-corrected chi connectivity index (χ4v) is 1.89. The molecule has 0 aromatic heterocycles. The summed E-state index contributed by atoms with van der Waals surface area (Å²) >= 11 is 0. The maximum Gasteiger partial charge on any atom is 0.189 e. The Kier molecular flexibility index (Phi) is 2.24. The summed E-state index contributed by atoms with van der Waals surface area (Å²) in [6, 6.07) is 7.87. The Balaban J connectivity index is 2.45. The predicted molar refractivity (Wildman–Crippen MR) is 57.4 cm³/mol. The zero-order chi connectivity index (χ0) is 10.1. The highest BCUT2D eigenvalue weighted by Crippen LogP contribution is 2.24. The van der Waals surface area contributed by atoms with Gasteiger partial charge in [-0.05, 0) is 23.5 Å².